The maximum Gasteiger partial charge on any atom is 0.255 e. The number of nitrogens with one attached hydrogen (secondary N) is 3. The minimum atomic E-state index is -0.236. The number of nitriles is 1. The number of pyridine rings is 1. The minimum Gasteiger partial charge on any atom is -0.360 e. The predicted molar refractivity (Wildman–Crippen MR) is 90.0 cm³/mol. The summed E-state index contributed by atoms with van der Waals surface area (Å²) in [6, 6.07) is 12.3. The summed E-state index contributed by atoms with van der Waals surface area (Å²) < 4.78 is 0. The fourth-order valence-electron chi connectivity index (χ4n) is 1.94. The van der Waals surface area contributed by atoms with E-state index in [0.29, 0.717) is 16.9 Å². The highest BCUT2D eigenvalue weighted by atomic mass is 16.1. The Kier molecular flexibility index (Phi) is 4.73. The first-order valence-electron chi connectivity index (χ1n) is 7.18. The third kappa shape index (κ3) is 4.02. The Hall–Kier alpha value is -4.06. The van der Waals surface area contributed by atoms with Crippen molar-refractivity contribution in [1.82, 2.24) is 25.6 Å². The predicted octanol–water partition coefficient (Wildman–Crippen LogP) is 1.82. The van der Waals surface area contributed by atoms with Crippen LogP contribution in [-0.4, -0.2) is 31.5 Å². The lowest BCUT2D eigenvalue weighted by Gasteiger charge is -2.06. The van der Waals surface area contributed by atoms with Crippen LogP contribution < -0.4 is 10.6 Å². The topological polar surface area (TPSA) is 132 Å². The van der Waals surface area contributed by atoms with Gasteiger partial charge >= 0.3 is 0 Å². The van der Waals surface area contributed by atoms with Gasteiger partial charge in [0.05, 0.1) is 11.9 Å². The van der Waals surface area contributed by atoms with Crippen LogP contribution in [0.15, 0.2) is 55.0 Å². The quantitative estimate of drug-likeness (QED) is 0.607. The van der Waals surface area contributed by atoms with Gasteiger partial charge in [0.1, 0.15) is 11.6 Å². The van der Waals surface area contributed by atoms with Gasteiger partial charge in [-0.1, -0.05) is 0 Å². The van der Waals surface area contributed by atoms with Gasteiger partial charge in [-0.25, -0.2) is 0 Å². The summed E-state index contributed by atoms with van der Waals surface area (Å²) >= 11 is 0. The van der Waals surface area contributed by atoms with Crippen LogP contribution in [0, 0.1) is 11.3 Å². The Balaban J connectivity index is 1.66. The molecule has 0 radical (unpaired) electrons. The number of anilines is 2. The van der Waals surface area contributed by atoms with E-state index in [1.165, 1.54) is 6.20 Å². The number of allylic oxidation sites excluding steroid dienone is 1. The molecule has 2 aromatic heterocycles. The van der Waals surface area contributed by atoms with E-state index in [9.17, 15) is 4.79 Å². The molecule has 1 amide bonds. The number of hydrogen-bond donors (Lipinski definition) is 3. The zero-order chi connectivity index (χ0) is 17.5. The lowest BCUT2D eigenvalue weighted by molar-refractivity contribution is 0.102. The molecule has 0 aliphatic heterocycles. The van der Waals surface area contributed by atoms with Crippen molar-refractivity contribution >= 4 is 22.9 Å². The van der Waals surface area contributed by atoms with Gasteiger partial charge in [0, 0.05) is 23.6 Å². The second-order valence-electron chi connectivity index (χ2n) is 4.82. The normalized spacial score (nSPS) is 10.8. The van der Waals surface area contributed by atoms with Gasteiger partial charge in [0.15, 0.2) is 0 Å². The van der Waals surface area contributed by atoms with Crippen LogP contribution in [0.4, 0.5) is 11.4 Å². The van der Waals surface area contributed by atoms with Crippen molar-refractivity contribution in [3.63, 3.8) is 0 Å². The highest BCUT2D eigenvalue weighted by molar-refractivity contribution is 6.04. The van der Waals surface area contributed by atoms with Crippen molar-refractivity contribution in [2.75, 3.05) is 10.6 Å². The number of tetrazole rings is 1. The molecule has 0 aliphatic carbocycles. The van der Waals surface area contributed by atoms with E-state index in [4.69, 9.17) is 5.26 Å². The van der Waals surface area contributed by atoms with Gasteiger partial charge in [-0.3, -0.25) is 9.78 Å². The van der Waals surface area contributed by atoms with Crippen LogP contribution in [0.3, 0.4) is 0 Å². The molecule has 1 aromatic carbocycles. The van der Waals surface area contributed by atoms with Crippen LogP contribution in [0.1, 0.15) is 16.2 Å². The number of amides is 1. The van der Waals surface area contributed by atoms with E-state index in [1.807, 2.05) is 6.07 Å². The SMILES string of the molecule is N#CC(=CNc1ccc(C(=O)Nc2cccnc2)cc1)c1nn[nH]n1. The molecule has 9 nitrogen and oxygen atoms in total. The van der Waals surface area contributed by atoms with E-state index in [1.54, 1.807) is 48.8 Å². The van der Waals surface area contributed by atoms with Crippen molar-refractivity contribution in [2.24, 2.45) is 0 Å². The third-order valence-electron chi connectivity index (χ3n) is 3.16. The molecule has 3 N–H and O–H groups in total. The summed E-state index contributed by atoms with van der Waals surface area (Å²) in [4.78, 5) is 16.1. The first kappa shape index (κ1) is 15.8. The Morgan fingerprint density at radius 3 is 2.68 bits per heavy atom. The van der Waals surface area contributed by atoms with Crippen LogP contribution in [-0.2, 0) is 0 Å². The molecule has 0 bridgehead atoms. The molecule has 0 atom stereocenters. The maximum atomic E-state index is 12.2. The summed E-state index contributed by atoms with van der Waals surface area (Å²) in [5.74, 6) is -0.0397. The summed E-state index contributed by atoms with van der Waals surface area (Å²) in [6.45, 7) is 0. The van der Waals surface area contributed by atoms with Crippen molar-refractivity contribution in [3.05, 3.63) is 66.4 Å². The summed E-state index contributed by atoms with van der Waals surface area (Å²) in [6.07, 6.45) is 4.67. The molecule has 2 heterocycles. The molecule has 0 fully saturated rings. The van der Waals surface area contributed by atoms with Crippen molar-refractivity contribution < 1.29 is 4.79 Å². The van der Waals surface area contributed by atoms with E-state index >= 15 is 0 Å². The van der Waals surface area contributed by atoms with Crippen LogP contribution in [0.25, 0.3) is 5.57 Å². The summed E-state index contributed by atoms with van der Waals surface area (Å²) in [5, 5.41) is 28.0. The Bertz CT molecular complexity index is 911. The smallest absolute Gasteiger partial charge is 0.255 e. The highest BCUT2D eigenvalue weighted by Gasteiger charge is 2.07. The lowest BCUT2D eigenvalue weighted by Crippen LogP contribution is -2.11. The van der Waals surface area contributed by atoms with Gasteiger partial charge in [0.2, 0.25) is 5.82 Å². The summed E-state index contributed by atoms with van der Waals surface area (Å²) in [7, 11) is 0. The van der Waals surface area contributed by atoms with E-state index in [-0.39, 0.29) is 17.3 Å². The Labute approximate surface area is 142 Å². The number of benzene rings is 1. The number of rotatable bonds is 5. The molecule has 0 saturated carbocycles. The second kappa shape index (κ2) is 7.47. The monoisotopic (exact) mass is 332 g/mol. The average Bonchev–Trinajstić information content (AvgIpc) is 3.18. The van der Waals surface area contributed by atoms with Gasteiger partial charge in [-0.15, -0.1) is 10.2 Å². The molecule has 0 unspecified atom stereocenters. The van der Waals surface area contributed by atoms with Crippen molar-refractivity contribution in [1.29, 1.82) is 5.26 Å². The zero-order valence-electron chi connectivity index (χ0n) is 12.8. The maximum absolute atomic E-state index is 12.2. The van der Waals surface area contributed by atoms with E-state index in [0.717, 1.165) is 0 Å². The minimum absolute atomic E-state index is 0.197. The number of carbonyl (C=O) groups excluding carboxylic acids is 1. The van der Waals surface area contributed by atoms with Crippen molar-refractivity contribution in [2.45, 2.75) is 0 Å². The molecule has 0 saturated heterocycles. The van der Waals surface area contributed by atoms with Crippen LogP contribution in [0.2, 0.25) is 0 Å². The van der Waals surface area contributed by atoms with Gasteiger partial charge in [-0.05, 0) is 41.6 Å². The zero-order valence-corrected chi connectivity index (χ0v) is 12.8. The molecule has 25 heavy (non-hydrogen) atoms. The molecule has 3 rings (SSSR count). The number of aromatic nitrogens is 5. The first-order chi connectivity index (χ1) is 12.3. The number of aromatic amines is 1. The molecular weight excluding hydrogens is 320 g/mol. The average molecular weight is 332 g/mol. The molecule has 0 aliphatic rings. The number of H-pyrrole nitrogens is 1. The number of hydrogen-bond acceptors (Lipinski definition) is 7. The van der Waals surface area contributed by atoms with Gasteiger partial charge in [-0.2, -0.15) is 10.5 Å². The number of carbonyl (C=O) groups is 1. The third-order valence-corrected chi connectivity index (χ3v) is 3.16. The Morgan fingerprint density at radius 2 is 2.04 bits per heavy atom. The van der Waals surface area contributed by atoms with Gasteiger partial charge in [0.25, 0.3) is 5.91 Å². The second-order valence-corrected chi connectivity index (χ2v) is 4.82. The first-order valence-corrected chi connectivity index (χ1v) is 7.18. The fourth-order valence-corrected chi connectivity index (χ4v) is 1.94. The molecule has 122 valence electrons. The Morgan fingerprint density at radius 1 is 1.20 bits per heavy atom. The number of nitrogens with zero attached hydrogens (tertiary/aromatic N) is 5. The lowest BCUT2D eigenvalue weighted by atomic mass is 10.2. The van der Waals surface area contributed by atoms with E-state index in [2.05, 4.69) is 36.2 Å². The van der Waals surface area contributed by atoms with E-state index < -0.39 is 0 Å². The van der Waals surface area contributed by atoms with Crippen molar-refractivity contribution in [3.8, 4) is 6.07 Å². The standard InChI is InChI=1S/C16H12N8O/c17-8-12(15-21-23-24-22-15)9-19-13-5-3-11(4-6-13)16(25)20-14-2-1-7-18-10-14/h1-7,9-10,19H,(H,20,25)(H,21,22,23,24). The van der Waals surface area contributed by atoms with Crippen LogP contribution >= 0.6 is 0 Å². The van der Waals surface area contributed by atoms with Gasteiger partial charge < -0.3 is 10.6 Å². The fraction of sp³-hybridized carbons (Fsp3) is 0. The molecule has 3 aromatic rings. The molecular formula is C16H12N8O. The molecule has 9 heteroatoms. The van der Waals surface area contributed by atoms with Crippen LogP contribution in [0.5, 0.6) is 0 Å². The molecule has 0 spiro atoms. The largest absolute Gasteiger partial charge is 0.360 e. The highest BCUT2D eigenvalue weighted by Crippen LogP contribution is 2.13. The summed E-state index contributed by atoms with van der Waals surface area (Å²) in [5.41, 5.74) is 2.05.